The lowest BCUT2D eigenvalue weighted by Crippen LogP contribution is -2.40. The van der Waals surface area contributed by atoms with Crippen LogP contribution in [-0.2, 0) is 9.47 Å². The van der Waals surface area contributed by atoms with E-state index < -0.39 is 0 Å². The van der Waals surface area contributed by atoms with Crippen LogP contribution in [0.25, 0.3) is 10.9 Å². The number of benzene rings is 1. The zero-order chi connectivity index (χ0) is 13.6. The summed E-state index contributed by atoms with van der Waals surface area (Å²) in [6.07, 6.45) is 5.26. The fourth-order valence-corrected chi connectivity index (χ4v) is 3.80. The minimum Gasteiger partial charge on any atom is -0.378 e. The first-order valence-electron chi connectivity index (χ1n) is 7.24. The van der Waals surface area contributed by atoms with Gasteiger partial charge < -0.3 is 14.0 Å². The average molecular weight is 292 g/mol. The van der Waals surface area contributed by atoms with E-state index in [4.69, 9.17) is 21.1 Å². The predicted molar refractivity (Wildman–Crippen MR) is 79.3 cm³/mol. The molecule has 2 aliphatic heterocycles. The Hall–Kier alpha value is -1.03. The molecule has 4 heteroatoms. The fourth-order valence-electron chi connectivity index (χ4n) is 3.57. The minimum absolute atomic E-state index is 0.0575. The number of hydrogen-bond donors (Lipinski definition) is 0. The molecule has 2 aliphatic rings. The van der Waals surface area contributed by atoms with Crippen molar-refractivity contribution in [1.82, 2.24) is 4.57 Å². The third-order valence-electron chi connectivity index (χ3n) is 4.64. The number of aromatic nitrogens is 1. The molecule has 1 spiro atoms. The van der Waals surface area contributed by atoms with Crippen molar-refractivity contribution in [3.63, 3.8) is 0 Å². The number of rotatable bonds is 1. The van der Waals surface area contributed by atoms with Gasteiger partial charge in [-0.25, -0.2) is 0 Å². The van der Waals surface area contributed by atoms with Gasteiger partial charge in [-0.05, 0) is 31.0 Å². The molecular formula is C16H18ClNO2. The highest BCUT2D eigenvalue weighted by Gasteiger charge is 2.41. The first kappa shape index (κ1) is 12.7. The molecule has 106 valence electrons. The molecule has 2 fully saturated rings. The zero-order valence-electron chi connectivity index (χ0n) is 11.3. The molecule has 1 aromatic heterocycles. The molecule has 2 aromatic rings. The quantitative estimate of drug-likeness (QED) is 0.798. The highest BCUT2D eigenvalue weighted by Crippen LogP contribution is 2.39. The van der Waals surface area contributed by atoms with Crippen LogP contribution in [0.3, 0.4) is 0 Å². The van der Waals surface area contributed by atoms with Gasteiger partial charge in [-0.1, -0.05) is 17.7 Å². The van der Waals surface area contributed by atoms with Crippen LogP contribution in [0, 0.1) is 0 Å². The molecule has 0 amide bonds. The number of halogens is 1. The molecule has 0 N–H and O–H groups in total. The van der Waals surface area contributed by atoms with Crippen LogP contribution in [0.2, 0.25) is 5.02 Å². The lowest BCUT2D eigenvalue weighted by molar-refractivity contribution is -0.0943. The molecule has 0 saturated carbocycles. The topological polar surface area (TPSA) is 23.4 Å². The molecular weight excluding hydrogens is 274 g/mol. The van der Waals surface area contributed by atoms with E-state index in [2.05, 4.69) is 22.9 Å². The molecule has 2 saturated heterocycles. The van der Waals surface area contributed by atoms with Crippen molar-refractivity contribution in [2.75, 3.05) is 19.8 Å². The number of ether oxygens (including phenoxy) is 2. The van der Waals surface area contributed by atoms with Gasteiger partial charge >= 0.3 is 0 Å². The normalized spacial score (nSPS) is 30.4. The molecule has 2 unspecified atom stereocenters. The van der Waals surface area contributed by atoms with Crippen molar-refractivity contribution in [2.24, 2.45) is 0 Å². The molecule has 3 nitrogen and oxygen atoms in total. The van der Waals surface area contributed by atoms with Crippen molar-refractivity contribution < 1.29 is 9.47 Å². The molecule has 0 radical (unpaired) electrons. The number of nitrogens with zero attached hydrogens (tertiary/aromatic N) is 1. The van der Waals surface area contributed by atoms with Gasteiger partial charge in [-0.15, -0.1) is 0 Å². The zero-order valence-corrected chi connectivity index (χ0v) is 12.1. The van der Waals surface area contributed by atoms with Crippen LogP contribution in [0.15, 0.2) is 30.5 Å². The smallest absolute Gasteiger partial charge is 0.0956 e. The number of fused-ring (bicyclic) bond motifs is 1. The first-order chi connectivity index (χ1) is 9.77. The van der Waals surface area contributed by atoms with Crippen LogP contribution in [-0.4, -0.2) is 30.0 Å². The minimum atomic E-state index is -0.0575. The van der Waals surface area contributed by atoms with Crippen LogP contribution in [0.4, 0.5) is 0 Å². The van der Waals surface area contributed by atoms with E-state index in [9.17, 15) is 0 Å². The monoisotopic (exact) mass is 291 g/mol. The van der Waals surface area contributed by atoms with Crippen LogP contribution >= 0.6 is 11.6 Å². The van der Waals surface area contributed by atoms with Crippen molar-refractivity contribution in [3.05, 3.63) is 35.5 Å². The van der Waals surface area contributed by atoms with Crippen LogP contribution < -0.4 is 0 Å². The maximum Gasteiger partial charge on any atom is 0.0956 e. The Balaban J connectivity index is 1.70. The average Bonchev–Trinajstić information content (AvgIpc) is 3.07. The summed E-state index contributed by atoms with van der Waals surface area (Å²) in [5, 5.41) is 1.96. The summed E-state index contributed by atoms with van der Waals surface area (Å²) in [7, 11) is 0. The second kappa shape index (κ2) is 4.76. The third-order valence-corrected chi connectivity index (χ3v) is 4.97. The molecule has 3 heterocycles. The van der Waals surface area contributed by atoms with Gasteiger partial charge in [0, 0.05) is 47.8 Å². The second-order valence-electron chi connectivity index (χ2n) is 5.88. The van der Waals surface area contributed by atoms with Gasteiger partial charge in [0.1, 0.15) is 0 Å². The van der Waals surface area contributed by atoms with Gasteiger partial charge in [-0.2, -0.15) is 0 Å². The molecule has 0 bridgehead atoms. The van der Waals surface area contributed by atoms with Crippen LogP contribution in [0.5, 0.6) is 0 Å². The Kier molecular flexibility index (Phi) is 3.02. The predicted octanol–water partition coefficient (Wildman–Crippen LogP) is 3.81. The standard InChI is InChI=1S/C16H18ClNO2/c17-14-2-1-3-15-13(14)4-7-18(15)12-5-8-20-16(10-12)6-9-19-11-16/h1-4,7,12H,5-6,8-11H2. The Bertz CT molecular complexity index is 630. The molecule has 20 heavy (non-hydrogen) atoms. The van der Waals surface area contributed by atoms with Gasteiger partial charge in [0.15, 0.2) is 0 Å². The summed E-state index contributed by atoms with van der Waals surface area (Å²) in [5.41, 5.74) is 1.16. The summed E-state index contributed by atoms with van der Waals surface area (Å²) in [6.45, 7) is 2.38. The lowest BCUT2D eigenvalue weighted by atomic mass is 9.89. The maximum absolute atomic E-state index is 6.27. The summed E-state index contributed by atoms with van der Waals surface area (Å²) < 4.78 is 13.9. The van der Waals surface area contributed by atoms with Crippen molar-refractivity contribution in [1.29, 1.82) is 0 Å². The fraction of sp³-hybridized carbons (Fsp3) is 0.500. The van der Waals surface area contributed by atoms with Crippen molar-refractivity contribution in [2.45, 2.75) is 30.9 Å². The Morgan fingerprint density at radius 2 is 2.20 bits per heavy atom. The van der Waals surface area contributed by atoms with E-state index in [-0.39, 0.29) is 5.60 Å². The van der Waals surface area contributed by atoms with E-state index in [1.54, 1.807) is 0 Å². The highest BCUT2D eigenvalue weighted by atomic mass is 35.5. The second-order valence-corrected chi connectivity index (χ2v) is 6.28. The molecule has 1 aromatic carbocycles. The molecule has 2 atom stereocenters. The highest BCUT2D eigenvalue weighted by molar-refractivity contribution is 6.35. The van der Waals surface area contributed by atoms with Gasteiger partial charge in [0.2, 0.25) is 0 Å². The van der Waals surface area contributed by atoms with E-state index >= 15 is 0 Å². The third kappa shape index (κ3) is 1.96. The van der Waals surface area contributed by atoms with Crippen LogP contribution in [0.1, 0.15) is 25.3 Å². The van der Waals surface area contributed by atoms with Gasteiger partial charge in [0.25, 0.3) is 0 Å². The number of hydrogen-bond acceptors (Lipinski definition) is 2. The summed E-state index contributed by atoms with van der Waals surface area (Å²) in [4.78, 5) is 0. The Labute approximate surface area is 123 Å². The van der Waals surface area contributed by atoms with Gasteiger partial charge in [0.05, 0.1) is 12.2 Å². The molecule has 4 rings (SSSR count). The van der Waals surface area contributed by atoms with Crippen molar-refractivity contribution >= 4 is 22.5 Å². The Morgan fingerprint density at radius 1 is 1.25 bits per heavy atom. The summed E-state index contributed by atoms with van der Waals surface area (Å²) in [5.74, 6) is 0. The first-order valence-corrected chi connectivity index (χ1v) is 7.62. The molecule has 0 aliphatic carbocycles. The van der Waals surface area contributed by atoms with E-state index in [1.165, 1.54) is 5.52 Å². The van der Waals surface area contributed by atoms with E-state index in [1.807, 2.05) is 12.1 Å². The maximum atomic E-state index is 6.27. The summed E-state index contributed by atoms with van der Waals surface area (Å²) >= 11 is 6.27. The van der Waals surface area contributed by atoms with E-state index in [0.717, 1.165) is 49.5 Å². The van der Waals surface area contributed by atoms with Gasteiger partial charge in [-0.3, -0.25) is 0 Å². The van der Waals surface area contributed by atoms with E-state index in [0.29, 0.717) is 6.04 Å². The largest absolute Gasteiger partial charge is 0.378 e. The Morgan fingerprint density at radius 3 is 3.05 bits per heavy atom. The summed E-state index contributed by atoms with van der Waals surface area (Å²) in [6, 6.07) is 8.71. The lowest BCUT2D eigenvalue weighted by Gasteiger charge is -2.38. The van der Waals surface area contributed by atoms with Crippen molar-refractivity contribution in [3.8, 4) is 0 Å². The SMILES string of the molecule is Clc1cccc2c1ccn2C1CCOC2(CCOC2)C1.